The summed E-state index contributed by atoms with van der Waals surface area (Å²) in [6.45, 7) is 5.22. The maximum atomic E-state index is 12.6. The Hall–Kier alpha value is -2.54. The van der Waals surface area contributed by atoms with Gasteiger partial charge in [-0.15, -0.1) is 11.6 Å². The Morgan fingerprint density at radius 2 is 1.96 bits per heavy atom. The van der Waals surface area contributed by atoms with Crippen molar-refractivity contribution in [2.75, 3.05) is 13.0 Å². The van der Waals surface area contributed by atoms with Crippen LogP contribution >= 0.6 is 11.6 Å². The highest BCUT2D eigenvalue weighted by Gasteiger charge is 2.25. The van der Waals surface area contributed by atoms with Gasteiger partial charge in [-0.1, -0.05) is 6.07 Å². The van der Waals surface area contributed by atoms with Gasteiger partial charge in [0.2, 0.25) is 0 Å². The molecule has 0 radical (unpaired) electrons. The molecule has 1 heterocycles. The van der Waals surface area contributed by atoms with E-state index in [4.69, 9.17) is 26.8 Å². The molecule has 8 heteroatoms. The number of benzene rings is 1. The molecule has 1 aromatic carbocycles. The first kappa shape index (κ1) is 18.8. The van der Waals surface area contributed by atoms with Gasteiger partial charge < -0.3 is 15.2 Å². The summed E-state index contributed by atoms with van der Waals surface area (Å²) in [6.07, 6.45) is -0.686. The second kappa shape index (κ2) is 7.14. The molecule has 0 amide bonds. The Morgan fingerprint density at radius 1 is 1.28 bits per heavy atom. The molecule has 0 aliphatic rings. The summed E-state index contributed by atoms with van der Waals surface area (Å²) in [4.78, 5) is 28.8. The summed E-state index contributed by atoms with van der Waals surface area (Å²) in [7, 11) is 1.25. The zero-order valence-electron chi connectivity index (χ0n) is 14.5. The number of hydrogen-bond acceptors (Lipinski definition) is 5. The summed E-state index contributed by atoms with van der Waals surface area (Å²) in [5.74, 6) is -0.324. The molecule has 2 N–H and O–H groups in total. The van der Waals surface area contributed by atoms with Crippen molar-refractivity contribution >= 4 is 46.1 Å². The highest BCUT2D eigenvalue weighted by molar-refractivity contribution is 6.28. The fourth-order valence-corrected chi connectivity index (χ4v) is 2.27. The number of fused-ring (bicyclic) bond motifs is 1. The predicted octanol–water partition coefficient (Wildman–Crippen LogP) is 3.44. The van der Waals surface area contributed by atoms with Gasteiger partial charge in [-0.05, 0) is 39.0 Å². The van der Waals surface area contributed by atoms with E-state index < -0.39 is 17.7 Å². The molecule has 134 valence electrons. The minimum atomic E-state index is -0.722. The lowest BCUT2D eigenvalue weighted by Crippen LogP contribution is -2.29. The number of nitrogens with zero attached hydrogens (tertiary/aromatic N) is 2. The molecular weight excluding hydrogens is 346 g/mol. The van der Waals surface area contributed by atoms with Gasteiger partial charge in [0.05, 0.1) is 24.2 Å². The number of carbonyl (C=O) groups excluding carboxylic acids is 2. The van der Waals surface area contributed by atoms with Crippen molar-refractivity contribution in [3.8, 4) is 0 Å². The summed E-state index contributed by atoms with van der Waals surface area (Å²) in [6, 6.07) is 6.62. The number of ether oxygens (including phenoxy) is 2. The van der Waals surface area contributed by atoms with E-state index in [0.717, 1.165) is 0 Å². The fourth-order valence-electron chi connectivity index (χ4n) is 2.21. The summed E-state index contributed by atoms with van der Waals surface area (Å²) < 4.78 is 11.3. The number of esters is 1. The molecule has 2 rings (SSSR count). The number of alkyl halides is 1. The maximum absolute atomic E-state index is 12.6. The highest BCUT2D eigenvalue weighted by Crippen LogP contribution is 2.27. The third-order valence-corrected chi connectivity index (χ3v) is 3.44. The van der Waals surface area contributed by atoms with Crippen LogP contribution in [-0.4, -0.2) is 41.1 Å². The number of hydrogen-bond donors (Lipinski definition) is 1. The van der Waals surface area contributed by atoms with Crippen LogP contribution in [0.1, 0.15) is 31.3 Å². The van der Waals surface area contributed by atoms with Gasteiger partial charge >= 0.3 is 12.1 Å². The van der Waals surface area contributed by atoms with Crippen molar-refractivity contribution in [2.45, 2.75) is 26.4 Å². The Balaban J connectivity index is 2.66. The fraction of sp³-hybridized carbons (Fsp3) is 0.353. The predicted molar refractivity (Wildman–Crippen MR) is 96.9 cm³/mol. The van der Waals surface area contributed by atoms with Crippen LogP contribution in [0, 0.1) is 0 Å². The van der Waals surface area contributed by atoms with Gasteiger partial charge in [0.1, 0.15) is 17.1 Å². The van der Waals surface area contributed by atoms with Crippen LogP contribution in [0.2, 0.25) is 0 Å². The molecule has 0 saturated heterocycles. The summed E-state index contributed by atoms with van der Waals surface area (Å²) in [5, 5.41) is 0.662. The van der Waals surface area contributed by atoms with Crippen LogP contribution in [0.25, 0.3) is 10.9 Å². The van der Waals surface area contributed by atoms with Crippen molar-refractivity contribution in [3.05, 3.63) is 30.0 Å². The standard InChI is InChI=1S/C17H20ClN3O4/c1-17(2,3)25-16(23)21-12-8-11(20-14(19)9-18)6-5-10(12)7-13(21)15(22)24-4/h5-8H,9H2,1-4H3,(H2,19,20). The summed E-state index contributed by atoms with van der Waals surface area (Å²) in [5.41, 5.74) is 5.96. The molecule has 2 aromatic rings. The van der Waals surface area contributed by atoms with Crippen LogP contribution in [0.4, 0.5) is 10.5 Å². The molecule has 0 aliphatic carbocycles. The Morgan fingerprint density at radius 3 is 2.52 bits per heavy atom. The normalized spacial score (nSPS) is 12.3. The first-order valence-corrected chi connectivity index (χ1v) is 8.06. The van der Waals surface area contributed by atoms with Gasteiger partial charge in [-0.2, -0.15) is 0 Å². The van der Waals surface area contributed by atoms with E-state index in [1.165, 1.54) is 11.7 Å². The van der Waals surface area contributed by atoms with E-state index in [2.05, 4.69) is 4.99 Å². The molecule has 0 atom stereocenters. The molecule has 1 aromatic heterocycles. The number of nitrogens with two attached hydrogens (primary N) is 1. The van der Waals surface area contributed by atoms with E-state index in [1.54, 1.807) is 45.0 Å². The van der Waals surface area contributed by atoms with Gasteiger partial charge in [0.25, 0.3) is 0 Å². The minimum Gasteiger partial charge on any atom is -0.464 e. The summed E-state index contributed by atoms with van der Waals surface area (Å²) >= 11 is 5.64. The van der Waals surface area contributed by atoms with Gasteiger partial charge in [-0.3, -0.25) is 0 Å². The first-order valence-electron chi connectivity index (χ1n) is 7.52. The van der Waals surface area contributed by atoms with Crippen LogP contribution in [0.3, 0.4) is 0 Å². The van der Waals surface area contributed by atoms with Crippen LogP contribution in [0.5, 0.6) is 0 Å². The molecule has 0 fully saturated rings. The SMILES string of the molecule is COC(=O)c1cc2ccc(N=C(N)CCl)cc2n1C(=O)OC(C)(C)C. The van der Waals surface area contributed by atoms with Crippen molar-refractivity contribution in [1.29, 1.82) is 0 Å². The zero-order valence-corrected chi connectivity index (χ0v) is 15.3. The van der Waals surface area contributed by atoms with E-state index >= 15 is 0 Å². The number of aromatic nitrogens is 1. The molecule has 0 aliphatic heterocycles. The van der Waals surface area contributed by atoms with Crippen molar-refractivity contribution in [3.63, 3.8) is 0 Å². The molecule has 7 nitrogen and oxygen atoms in total. The van der Waals surface area contributed by atoms with E-state index in [9.17, 15) is 9.59 Å². The monoisotopic (exact) mass is 365 g/mol. The van der Waals surface area contributed by atoms with Gasteiger partial charge in [-0.25, -0.2) is 19.1 Å². The maximum Gasteiger partial charge on any atom is 0.419 e. The molecular formula is C17H20ClN3O4. The van der Waals surface area contributed by atoms with Gasteiger partial charge in [0, 0.05) is 5.39 Å². The molecule has 0 unspecified atom stereocenters. The largest absolute Gasteiger partial charge is 0.464 e. The highest BCUT2D eigenvalue weighted by atomic mass is 35.5. The van der Waals surface area contributed by atoms with Crippen molar-refractivity contribution < 1.29 is 19.1 Å². The quantitative estimate of drug-likeness (QED) is 0.389. The number of halogens is 1. The van der Waals surface area contributed by atoms with E-state index in [-0.39, 0.29) is 17.4 Å². The zero-order chi connectivity index (χ0) is 18.8. The Kier molecular flexibility index (Phi) is 5.37. The van der Waals surface area contributed by atoms with E-state index in [1.807, 2.05) is 0 Å². The molecule has 0 saturated carbocycles. The Labute approximate surface area is 150 Å². The van der Waals surface area contributed by atoms with Crippen molar-refractivity contribution in [1.82, 2.24) is 4.57 Å². The second-order valence-electron chi connectivity index (χ2n) is 6.32. The van der Waals surface area contributed by atoms with Crippen molar-refractivity contribution in [2.24, 2.45) is 10.7 Å². The van der Waals surface area contributed by atoms with Gasteiger partial charge in [0.15, 0.2) is 0 Å². The third-order valence-electron chi connectivity index (χ3n) is 3.17. The van der Waals surface area contributed by atoms with E-state index in [0.29, 0.717) is 16.6 Å². The average Bonchev–Trinajstić information content (AvgIpc) is 2.91. The lowest BCUT2D eigenvalue weighted by atomic mass is 10.2. The number of carbonyl (C=O) groups is 2. The topological polar surface area (TPSA) is 95.9 Å². The molecule has 25 heavy (non-hydrogen) atoms. The molecule has 0 bridgehead atoms. The van der Waals surface area contributed by atoms with Crippen LogP contribution in [-0.2, 0) is 9.47 Å². The third kappa shape index (κ3) is 4.30. The first-order chi connectivity index (χ1) is 11.7. The lowest BCUT2D eigenvalue weighted by Gasteiger charge is -2.20. The average molecular weight is 366 g/mol. The number of aliphatic imine (C=N–C) groups is 1. The number of methoxy groups -OCH3 is 1. The van der Waals surface area contributed by atoms with Crippen LogP contribution in [0.15, 0.2) is 29.3 Å². The second-order valence-corrected chi connectivity index (χ2v) is 6.58. The Bertz CT molecular complexity index is 849. The lowest BCUT2D eigenvalue weighted by molar-refractivity contribution is 0.0490. The minimum absolute atomic E-state index is 0.0678. The van der Waals surface area contributed by atoms with Crippen LogP contribution < -0.4 is 5.73 Å². The smallest absolute Gasteiger partial charge is 0.419 e. The number of amidine groups is 1. The number of rotatable bonds is 3. The molecule has 0 spiro atoms.